The van der Waals surface area contributed by atoms with E-state index in [2.05, 4.69) is 15.0 Å². The van der Waals surface area contributed by atoms with Gasteiger partial charge in [0.1, 0.15) is 23.1 Å². The molecule has 0 fully saturated rings. The molecular weight excluding hydrogens is 409 g/mol. The van der Waals surface area contributed by atoms with E-state index in [9.17, 15) is 35.9 Å². The second kappa shape index (κ2) is 7.33. The number of alkyl halides is 3. The van der Waals surface area contributed by atoms with E-state index in [1.165, 1.54) is 0 Å². The van der Waals surface area contributed by atoms with Crippen LogP contribution in [0.3, 0.4) is 0 Å². The monoisotopic (exact) mass is 420 g/mol. The maximum atomic E-state index is 14.7. The molecule has 0 radical (unpaired) electrons. The minimum atomic E-state index is -4.62. The fourth-order valence-corrected chi connectivity index (χ4v) is 2.77. The first-order valence-electron chi connectivity index (χ1n) is 7.99. The normalized spacial score (nSPS) is 13.9. The quantitative estimate of drug-likeness (QED) is 0.395. The molecule has 29 heavy (non-hydrogen) atoms. The summed E-state index contributed by atoms with van der Waals surface area (Å²) in [5.74, 6) is -6.41. The first kappa shape index (κ1) is 20.6. The van der Waals surface area contributed by atoms with Gasteiger partial charge in [-0.05, 0) is 6.92 Å². The number of rotatable bonds is 3. The molecule has 0 bridgehead atoms. The second-order valence-corrected chi connectivity index (χ2v) is 6.11. The lowest BCUT2D eigenvalue weighted by atomic mass is 10.0. The van der Waals surface area contributed by atoms with Gasteiger partial charge in [0.15, 0.2) is 5.82 Å². The van der Waals surface area contributed by atoms with E-state index in [-0.39, 0.29) is 12.1 Å². The maximum Gasteiger partial charge on any atom is 0.391 e. The molecule has 1 aromatic carbocycles. The maximum absolute atomic E-state index is 14.7. The molecule has 3 rings (SSSR count). The molecule has 1 atom stereocenters. The van der Waals surface area contributed by atoms with Gasteiger partial charge in [0, 0.05) is 18.3 Å². The Morgan fingerprint density at radius 1 is 1.10 bits per heavy atom. The van der Waals surface area contributed by atoms with Crippen molar-refractivity contribution in [1.82, 2.24) is 14.7 Å². The van der Waals surface area contributed by atoms with Gasteiger partial charge in [0.25, 0.3) is 0 Å². The molecule has 0 saturated carbocycles. The summed E-state index contributed by atoms with van der Waals surface area (Å²) < 4.78 is 94.9. The largest absolute Gasteiger partial charge is 0.427 e. The van der Waals surface area contributed by atoms with E-state index in [0.717, 1.165) is 19.3 Å². The van der Waals surface area contributed by atoms with Gasteiger partial charge in [-0.3, -0.25) is 4.99 Å². The highest BCUT2D eigenvalue weighted by Gasteiger charge is 2.31. The lowest BCUT2D eigenvalue weighted by Gasteiger charge is -2.15. The van der Waals surface area contributed by atoms with E-state index in [1.54, 1.807) is 0 Å². The van der Waals surface area contributed by atoms with Crippen LogP contribution in [0.2, 0.25) is 0 Å². The Hall–Kier alpha value is -3.18. The van der Waals surface area contributed by atoms with Gasteiger partial charge in [-0.15, -0.1) is 0 Å². The summed E-state index contributed by atoms with van der Waals surface area (Å²) in [5, 5.41) is 9.11. The standard InChI is InChI=1S/C17H11F7N4O/c1-7(6-17(22,23)24)26-13-12(11-9(19)4-8(18)5-10(11)20)15(21)27-16-14(13)25-2-3-28(16)29/h2-5,7,29H,6H2,1H3. The number of pyridine rings is 1. The summed E-state index contributed by atoms with van der Waals surface area (Å²) in [6, 6.07) is -0.954. The fraction of sp³-hybridized carbons (Fsp3) is 0.235. The van der Waals surface area contributed by atoms with Gasteiger partial charge < -0.3 is 5.21 Å². The van der Waals surface area contributed by atoms with Crippen LogP contribution in [0.4, 0.5) is 30.7 Å². The Labute approximate surface area is 158 Å². The molecule has 1 unspecified atom stereocenters. The molecule has 5 nitrogen and oxygen atoms in total. The zero-order chi connectivity index (χ0) is 21.5. The van der Waals surface area contributed by atoms with Crippen LogP contribution in [0.15, 0.2) is 29.5 Å². The lowest BCUT2D eigenvalue weighted by Crippen LogP contribution is -2.25. The van der Waals surface area contributed by atoms with E-state index in [0.29, 0.717) is 4.73 Å². The fourth-order valence-electron chi connectivity index (χ4n) is 2.77. The van der Waals surface area contributed by atoms with E-state index in [1.807, 2.05) is 0 Å². The van der Waals surface area contributed by atoms with Crippen molar-refractivity contribution in [3.05, 3.63) is 53.3 Å². The Bertz CT molecular complexity index is 1090. The summed E-state index contributed by atoms with van der Waals surface area (Å²) >= 11 is 0. The number of benzene rings is 1. The van der Waals surface area contributed by atoms with Crippen molar-refractivity contribution in [3.63, 3.8) is 0 Å². The molecular formula is C17H11F7N4O. The summed E-state index contributed by atoms with van der Waals surface area (Å²) in [7, 11) is 0. The van der Waals surface area contributed by atoms with Crippen LogP contribution in [0.1, 0.15) is 13.3 Å². The van der Waals surface area contributed by atoms with E-state index in [4.69, 9.17) is 0 Å². The van der Waals surface area contributed by atoms with Gasteiger partial charge in [0.2, 0.25) is 5.95 Å². The van der Waals surface area contributed by atoms with Crippen molar-refractivity contribution in [2.75, 3.05) is 0 Å². The zero-order valence-corrected chi connectivity index (χ0v) is 14.5. The predicted octanol–water partition coefficient (Wildman–Crippen LogP) is 4.09. The number of hydrogen-bond donors (Lipinski definition) is 1. The third-order valence-electron chi connectivity index (χ3n) is 3.85. The minimum Gasteiger partial charge on any atom is -0.427 e. The Balaban J connectivity index is 2.42. The van der Waals surface area contributed by atoms with Crippen LogP contribution in [0.25, 0.3) is 22.6 Å². The van der Waals surface area contributed by atoms with Crippen LogP contribution in [0.5, 0.6) is 0 Å². The van der Waals surface area contributed by atoms with Gasteiger partial charge >= 0.3 is 6.18 Å². The van der Waals surface area contributed by atoms with Crippen LogP contribution in [-0.2, 0) is 0 Å². The van der Waals surface area contributed by atoms with Crippen molar-refractivity contribution in [1.29, 1.82) is 0 Å². The van der Waals surface area contributed by atoms with Gasteiger partial charge in [-0.2, -0.15) is 27.3 Å². The molecule has 0 amide bonds. The van der Waals surface area contributed by atoms with Crippen molar-refractivity contribution in [2.45, 2.75) is 25.6 Å². The highest BCUT2D eigenvalue weighted by Crippen LogP contribution is 2.29. The zero-order valence-electron chi connectivity index (χ0n) is 14.5. The van der Waals surface area contributed by atoms with Gasteiger partial charge in [0.05, 0.1) is 35.1 Å². The van der Waals surface area contributed by atoms with Crippen LogP contribution < -0.4 is 5.36 Å². The molecule has 2 aliphatic heterocycles. The average Bonchev–Trinajstić information content (AvgIpc) is 2.55. The molecule has 1 aromatic rings. The summed E-state index contributed by atoms with van der Waals surface area (Å²) in [4.78, 5) is 10.9. The highest BCUT2D eigenvalue weighted by atomic mass is 19.4. The number of halogens is 7. The summed E-state index contributed by atoms with van der Waals surface area (Å²) in [6.45, 7) is 1.05. The first-order chi connectivity index (χ1) is 13.5. The molecule has 154 valence electrons. The molecule has 0 spiro atoms. The molecule has 0 aliphatic carbocycles. The Morgan fingerprint density at radius 2 is 1.72 bits per heavy atom. The molecule has 1 N–H and O–H groups in total. The number of aromatic nitrogens is 3. The minimum absolute atomic E-state index is 0.273. The topological polar surface area (TPSA) is 63.3 Å². The third-order valence-corrected chi connectivity index (χ3v) is 3.85. The van der Waals surface area contributed by atoms with Crippen molar-refractivity contribution < 1.29 is 35.9 Å². The van der Waals surface area contributed by atoms with Crippen molar-refractivity contribution >= 4 is 0 Å². The van der Waals surface area contributed by atoms with Crippen LogP contribution >= 0.6 is 0 Å². The second-order valence-electron chi connectivity index (χ2n) is 6.11. The molecule has 2 aliphatic rings. The van der Waals surface area contributed by atoms with Crippen molar-refractivity contribution in [3.8, 4) is 22.6 Å². The van der Waals surface area contributed by atoms with Gasteiger partial charge in [-0.25, -0.2) is 18.2 Å². The predicted molar refractivity (Wildman–Crippen MR) is 84.8 cm³/mol. The SMILES string of the molecule is CC(CC(F)(F)F)N=c1c2nccn(O)c-2nc(F)c1-c1c(F)cc(F)cc1F. The smallest absolute Gasteiger partial charge is 0.391 e. The third kappa shape index (κ3) is 4.15. The number of fused-ring (bicyclic) bond motifs is 1. The summed E-state index contributed by atoms with van der Waals surface area (Å²) in [6.07, 6.45) is -4.09. The van der Waals surface area contributed by atoms with Crippen LogP contribution in [-0.4, -0.2) is 32.1 Å². The number of hydrogen-bond acceptors (Lipinski definition) is 4. The van der Waals surface area contributed by atoms with Crippen LogP contribution in [0, 0.1) is 23.4 Å². The molecule has 0 saturated heterocycles. The van der Waals surface area contributed by atoms with Crippen molar-refractivity contribution in [2.24, 2.45) is 4.99 Å². The molecule has 2 heterocycles. The Morgan fingerprint density at radius 3 is 2.31 bits per heavy atom. The van der Waals surface area contributed by atoms with E-state index < -0.39 is 70.0 Å². The average molecular weight is 420 g/mol. The Kier molecular flexibility index (Phi) is 5.20. The van der Waals surface area contributed by atoms with E-state index >= 15 is 0 Å². The summed E-state index contributed by atoms with van der Waals surface area (Å²) in [5.41, 5.74) is -2.44. The lowest BCUT2D eigenvalue weighted by molar-refractivity contribution is -0.137. The van der Waals surface area contributed by atoms with Gasteiger partial charge in [-0.1, -0.05) is 0 Å². The number of nitrogens with zero attached hydrogens (tertiary/aromatic N) is 4. The molecule has 12 heteroatoms. The highest BCUT2D eigenvalue weighted by molar-refractivity contribution is 5.70. The first-order valence-corrected chi connectivity index (χ1v) is 7.99. The molecule has 0 aromatic heterocycles.